The number of hydrogen-bond donors (Lipinski definition) is 1. The zero-order valence-electron chi connectivity index (χ0n) is 19.4. The lowest BCUT2D eigenvalue weighted by Crippen LogP contribution is -2.32. The van der Waals surface area contributed by atoms with Crippen LogP contribution in [0.5, 0.6) is 5.75 Å². The van der Waals surface area contributed by atoms with Gasteiger partial charge in [0.1, 0.15) is 23.6 Å². The lowest BCUT2D eigenvalue weighted by molar-refractivity contribution is -0.142. The molecule has 0 amide bonds. The molecule has 2 aromatic heterocycles. The fourth-order valence-corrected chi connectivity index (χ4v) is 4.51. The summed E-state index contributed by atoms with van der Waals surface area (Å²) in [6.07, 6.45) is 3.79. The Labute approximate surface area is 197 Å². The van der Waals surface area contributed by atoms with Gasteiger partial charge in [0.15, 0.2) is 12.3 Å². The fourth-order valence-electron chi connectivity index (χ4n) is 4.51. The molecule has 1 fully saturated rings. The number of esters is 1. The Hall–Kier alpha value is -3.72. The van der Waals surface area contributed by atoms with Crippen molar-refractivity contribution >= 4 is 33.6 Å². The molecule has 34 heavy (non-hydrogen) atoms. The van der Waals surface area contributed by atoms with Crippen LogP contribution in [-0.2, 0) is 16.1 Å². The van der Waals surface area contributed by atoms with E-state index in [9.17, 15) is 4.79 Å². The van der Waals surface area contributed by atoms with E-state index >= 15 is 0 Å². The monoisotopic (exact) mass is 460 g/mol. The third-order valence-corrected chi connectivity index (χ3v) is 6.50. The number of likely N-dealkylation sites (tertiary alicyclic amines) is 1. The number of carbonyl (C=O) groups is 1. The second-order valence-corrected chi connectivity index (χ2v) is 8.82. The summed E-state index contributed by atoms with van der Waals surface area (Å²) in [7, 11) is 3.50. The smallest absolute Gasteiger partial charge is 0.343 e. The van der Waals surface area contributed by atoms with Gasteiger partial charge >= 0.3 is 5.97 Å². The van der Waals surface area contributed by atoms with Crippen LogP contribution in [-0.4, -0.2) is 64.5 Å². The normalized spacial score (nSPS) is 15.1. The number of hydrogen-bond acceptors (Lipinski definition) is 8. The number of methoxy groups -OCH3 is 1. The van der Waals surface area contributed by atoms with Crippen LogP contribution in [0.4, 0.5) is 5.82 Å². The predicted octanol–water partition coefficient (Wildman–Crippen LogP) is 3.12. The number of carbonyl (C=O) groups excluding carboxylic acids is 1. The Morgan fingerprint density at radius 3 is 2.68 bits per heavy atom. The number of benzene rings is 2. The lowest BCUT2D eigenvalue weighted by Gasteiger charge is -2.28. The van der Waals surface area contributed by atoms with Crippen molar-refractivity contribution in [1.29, 1.82) is 0 Å². The minimum atomic E-state index is -0.419. The summed E-state index contributed by atoms with van der Waals surface area (Å²) >= 11 is 0. The van der Waals surface area contributed by atoms with Crippen LogP contribution in [0.1, 0.15) is 12.8 Å². The molecule has 3 heterocycles. The van der Waals surface area contributed by atoms with E-state index in [1.54, 1.807) is 0 Å². The number of aromatic nitrogens is 4. The van der Waals surface area contributed by atoms with Crippen LogP contribution in [0.15, 0.2) is 42.7 Å². The van der Waals surface area contributed by atoms with Crippen LogP contribution in [0.2, 0.25) is 0 Å². The molecule has 176 valence electrons. The van der Waals surface area contributed by atoms with E-state index < -0.39 is 5.97 Å². The summed E-state index contributed by atoms with van der Waals surface area (Å²) in [5.41, 5.74) is 8.80. The van der Waals surface area contributed by atoms with Gasteiger partial charge in [-0.3, -0.25) is 0 Å². The maximum Gasteiger partial charge on any atom is 0.343 e. The number of ether oxygens (including phenoxy) is 2. The zero-order chi connectivity index (χ0) is 23.7. The molecule has 0 saturated carbocycles. The molecule has 2 aromatic carbocycles. The van der Waals surface area contributed by atoms with Crippen LogP contribution >= 0.6 is 0 Å². The molecule has 5 rings (SSSR count). The summed E-state index contributed by atoms with van der Waals surface area (Å²) in [6.45, 7) is 2.89. The number of nitrogen functional groups attached to an aromatic ring is 1. The van der Waals surface area contributed by atoms with Gasteiger partial charge in [0.2, 0.25) is 0 Å². The maximum absolute atomic E-state index is 11.3. The first-order chi connectivity index (χ1) is 16.5. The van der Waals surface area contributed by atoms with Crippen molar-refractivity contribution in [3.63, 3.8) is 0 Å². The molecule has 0 bridgehead atoms. The Morgan fingerprint density at radius 1 is 1.12 bits per heavy atom. The van der Waals surface area contributed by atoms with Gasteiger partial charge in [-0.25, -0.2) is 19.4 Å². The second kappa shape index (κ2) is 9.26. The second-order valence-electron chi connectivity index (χ2n) is 8.82. The van der Waals surface area contributed by atoms with E-state index in [1.807, 2.05) is 35.0 Å². The maximum atomic E-state index is 11.3. The van der Waals surface area contributed by atoms with Crippen molar-refractivity contribution in [2.75, 3.05) is 39.6 Å². The first kappa shape index (κ1) is 22.1. The zero-order valence-corrected chi connectivity index (χ0v) is 19.4. The van der Waals surface area contributed by atoms with Crippen LogP contribution in [0, 0.1) is 5.92 Å². The molecule has 0 radical (unpaired) electrons. The van der Waals surface area contributed by atoms with Gasteiger partial charge in [-0.15, -0.1) is 0 Å². The van der Waals surface area contributed by atoms with Gasteiger partial charge in [0.05, 0.1) is 12.5 Å². The third-order valence-electron chi connectivity index (χ3n) is 6.50. The Bertz CT molecular complexity index is 1340. The van der Waals surface area contributed by atoms with Gasteiger partial charge in [0, 0.05) is 12.1 Å². The quantitative estimate of drug-likeness (QED) is 0.437. The van der Waals surface area contributed by atoms with E-state index in [-0.39, 0.29) is 6.61 Å². The molecule has 0 atom stereocenters. The molecule has 1 aliphatic rings. The molecule has 9 nitrogen and oxygen atoms in total. The Balaban J connectivity index is 1.48. The van der Waals surface area contributed by atoms with E-state index in [4.69, 9.17) is 15.6 Å². The van der Waals surface area contributed by atoms with E-state index in [1.165, 1.54) is 13.4 Å². The van der Waals surface area contributed by atoms with Crippen LogP contribution < -0.4 is 10.5 Å². The lowest BCUT2D eigenvalue weighted by atomic mass is 9.97. The molecule has 0 aliphatic carbocycles. The number of rotatable bonds is 6. The molecule has 1 aliphatic heterocycles. The fraction of sp³-hybridized carbons (Fsp3) is 0.360. The molecule has 0 unspecified atom stereocenters. The van der Waals surface area contributed by atoms with Gasteiger partial charge in [0.25, 0.3) is 0 Å². The summed E-state index contributed by atoms with van der Waals surface area (Å²) in [4.78, 5) is 22.5. The van der Waals surface area contributed by atoms with Crippen molar-refractivity contribution in [2.45, 2.75) is 19.4 Å². The van der Waals surface area contributed by atoms with Gasteiger partial charge < -0.3 is 20.1 Å². The molecular formula is C25H28N6O3. The van der Waals surface area contributed by atoms with E-state index in [0.29, 0.717) is 17.5 Å². The third kappa shape index (κ3) is 4.38. The number of anilines is 1. The average Bonchev–Trinajstić information content (AvgIpc) is 3.23. The Kier molecular flexibility index (Phi) is 6.02. The molecule has 2 N–H and O–H groups in total. The Morgan fingerprint density at radius 2 is 1.88 bits per heavy atom. The predicted molar refractivity (Wildman–Crippen MR) is 130 cm³/mol. The van der Waals surface area contributed by atoms with Crippen molar-refractivity contribution in [2.24, 2.45) is 5.92 Å². The molecule has 9 heteroatoms. The van der Waals surface area contributed by atoms with Gasteiger partial charge in [-0.05, 0) is 67.9 Å². The largest absolute Gasteiger partial charge is 0.482 e. The molecule has 4 aromatic rings. The average molecular weight is 461 g/mol. The van der Waals surface area contributed by atoms with Crippen molar-refractivity contribution in [3.05, 3.63) is 42.7 Å². The SMILES string of the molecule is COC(=O)COc1ccc2cc(-c3nn(CC4CCN(C)CC4)c4ncnc(N)c34)ccc2c1. The first-order valence-corrected chi connectivity index (χ1v) is 11.4. The van der Waals surface area contributed by atoms with Gasteiger partial charge in [-0.2, -0.15) is 5.10 Å². The first-order valence-electron chi connectivity index (χ1n) is 11.4. The highest BCUT2D eigenvalue weighted by molar-refractivity contribution is 6.00. The molecule has 1 saturated heterocycles. The summed E-state index contributed by atoms with van der Waals surface area (Å²) < 4.78 is 12.1. The minimum Gasteiger partial charge on any atom is -0.482 e. The highest BCUT2D eigenvalue weighted by Crippen LogP contribution is 2.33. The van der Waals surface area contributed by atoms with Crippen LogP contribution in [0.3, 0.4) is 0 Å². The number of nitrogens with zero attached hydrogens (tertiary/aromatic N) is 5. The highest BCUT2D eigenvalue weighted by Gasteiger charge is 2.22. The van der Waals surface area contributed by atoms with Gasteiger partial charge in [-0.1, -0.05) is 18.2 Å². The van der Waals surface area contributed by atoms with Crippen molar-refractivity contribution < 1.29 is 14.3 Å². The minimum absolute atomic E-state index is 0.125. The van der Waals surface area contributed by atoms with E-state index in [2.05, 4.69) is 32.7 Å². The number of piperidine rings is 1. The van der Waals surface area contributed by atoms with Crippen molar-refractivity contribution in [1.82, 2.24) is 24.6 Å². The topological polar surface area (TPSA) is 108 Å². The molecule has 0 spiro atoms. The van der Waals surface area contributed by atoms with Crippen LogP contribution in [0.25, 0.3) is 33.1 Å². The summed E-state index contributed by atoms with van der Waals surface area (Å²) in [6, 6.07) is 11.8. The number of nitrogens with two attached hydrogens (primary N) is 1. The molecular weight excluding hydrogens is 432 g/mol. The number of fused-ring (bicyclic) bond motifs is 2. The van der Waals surface area contributed by atoms with E-state index in [0.717, 1.165) is 65.5 Å². The van der Waals surface area contributed by atoms with Crippen molar-refractivity contribution in [3.8, 4) is 17.0 Å². The summed E-state index contributed by atoms with van der Waals surface area (Å²) in [5.74, 6) is 1.18. The standard InChI is InChI=1S/C25H28N6O3/c1-30-9-7-16(8-10-30)13-31-25-22(24(26)27-15-28-25)23(29-31)19-4-3-18-12-20(6-5-17(18)11-19)34-14-21(32)33-2/h3-6,11-12,15-16H,7-10,13-14H2,1-2H3,(H2,26,27,28). The highest BCUT2D eigenvalue weighted by atomic mass is 16.6. The summed E-state index contributed by atoms with van der Waals surface area (Å²) in [5, 5.41) is 7.76.